The zero-order chi connectivity index (χ0) is 20.0. The molecule has 2 aromatic heterocycles. The van der Waals surface area contributed by atoms with E-state index in [1.54, 1.807) is 17.0 Å². The molecule has 0 bridgehead atoms. The standard InChI is InChI=1S/C16H18N3O7P/c20-15(21)13-5-1-3-11(17-13)9-19(7-8-27(24,25)26)10-12-4-2-6-14(18-12)16(22)23/h1-6H,7-10H2,(H,20,21)(H,22,23)(H2,24,25,26). The molecule has 0 saturated heterocycles. The molecular weight excluding hydrogens is 377 g/mol. The normalized spacial score (nSPS) is 11.5. The van der Waals surface area contributed by atoms with Crippen LogP contribution in [0.5, 0.6) is 0 Å². The van der Waals surface area contributed by atoms with Crippen molar-refractivity contribution >= 4 is 19.5 Å². The lowest BCUT2D eigenvalue weighted by Crippen LogP contribution is -2.27. The van der Waals surface area contributed by atoms with Crippen molar-refractivity contribution in [1.82, 2.24) is 14.9 Å². The molecule has 0 radical (unpaired) electrons. The van der Waals surface area contributed by atoms with Gasteiger partial charge in [0.05, 0.1) is 17.5 Å². The van der Waals surface area contributed by atoms with E-state index < -0.39 is 25.7 Å². The Morgan fingerprint density at radius 3 is 1.70 bits per heavy atom. The molecule has 27 heavy (non-hydrogen) atoms. The van der Waals surface area contributed by atoms with Crippen molar-refractivity contribution in [2.45, 2.75) is 13.1 Å². The Morgan fingerprint density at radius 1 is 0.889 bits per heavy atom. The summed E-state index contributed by atoms with van der Waals surface area (Å²) in [5.41, 5.74) is 0.506. The van der Waals surface area contributed by atoms with Crippen LogP contribution in [0.1, 0.15) is 32.4 Å². The Kier molecular flexibility index (Phi) is 6.75. The molecule has 2 aromatic rings. The predicted octanol–water partition coefficient (Wildman–Crippen LogP) is 1.05. The van der Waals surface area contributed by atoms with Gasteiger partial charge in [-0.05, 0) is 24.3 Å². The summed E-state index contributed by atoms with van der Waals surface area (Å²) in [6, 6.07) is 8.91. The van der Waals surface area contributed by atoms with Crippen LogP contribution in [-0.4, -0.2) is 59.5 Å². The van der Waals surface area contributed by atoms with Gasteiger partial charge in [-0.2, -0.15) is 0 Å². The average Bonchev–Trinajstić information content (AvgIpc) is 2.59. The SMILES string of the molecule is O=C(O)c1cccc(CN(CCP(=O)(O)O)Cc2cccc(C(=O)O)n2)n1. The van der Waals surface area contributed by atoms with Gasteiger partial charge in [0.25, 0.3) is 0 Å². The number of aromatic nitrogens is 2. The second-order valence-corrected chi connectivity index (χ2v) is 7.51. The van der Waals surface area contributed by atoms with Gasteiger partial charge in [0, 0.05) is 19.6 Å². The Bertz CT molecular complexity index is 824. The van der Waals surface area contributed by atoms with Crippen LogP contribution in [0.25, 0.3) is 0 Å². The molecule has 0 aliphatic heterocycles. The maximum absolute atomic E-state index is 11.2. The van der Waals surface area contributed by atoms with Gasteiger partial charge in [-0.3, -0.25) is 9.46 Å². The van der Waals surface area contributed by atoms with Gasteiger partial charge in [-0.1, -0.05) is 12.1 Å². The fourth-order valence-corrected chi connectivity index (χ4v) is 2.86. The smallest absolute Gasteiger partial charge is 0.354 e. The molecule has 0 aromatic carbocycles. The lowest BCUT2D eigenvalue weighted by atomic mass is 10.2. The summed E-state index contributed by atoms with van der Waals surface area (Å²) >= 11 is 0. The van der Waals surface area contributed by atoms with Gasteiger partial charge in [0.15, 0.2) is 0 Å². The van der Waals surface area contributed by atoms with Gasteiger partial charge in [0.1, 0.15) is 11.4 Å². The molecule has 0 saturated carbocycles. The van der Waals surface area contributed by atoms with Gasteiger partial charge in [-0.25, -0.2) is 19.6 Å². The number of pyridine rings is 2. The van der Waals surface area contributed by atoms with E-state index in [4.69, 9.17) is 20.0 Å². The van der Waals surface area contributed by atoms with E-state index in [-0.39, 0.29) is 31.0 Å². The molecule has 0 aliphatic rings. The summed E-state index contributed by atoms with van der Waals surface area (Å²) in [4.78, 5) is 49.9. The first-order valence-electron chi connectivity index (χ1n) is 7.79. The van der Waals surface area contributed by atoms with Crippen molar-refractivity contribution in [2.75, 3.05) is 12.7 Å². The van der Waals surface area contributed by atoms with Crippen molar-refractivity contribution in [3.63, 3.8) is 0 Å². The average molecular weight is 395 g/mol. The number of rotatable bonds is 9. The minimum absolute atomic E-state index is 0.0117. The first kappa shape index (κ1) is 20.7. The third-order valence-corrected chi connectivity index (χ3v) is 4.31. The zero-order valence-electron chi connectivity index (χ0n) is 14.1. The van der Waals surface area contributed by atoms with Crippen molar-refractivity contribution in [3.05, 3.63) is 59.2 Å². The van der Waals surface area contributed by atoms with Crippen LogP contribution in [0, 0.1) is 0 Å². The molecule has 4 N–H and O–H groups in total. The molecule has 11 heteroatoms. The van der Waals surface area contributed by atoms with Crippen LogP contribution in [0.15, 0.2) is 36.4 Å². The number of aromatic carboxylic acids is 2. The summed E-state index contributed by atoms with van der Waals surface area (Å²) in [7, 11) is -4.25. The molecule has 0 spiro atoms. The van der Waals surface area contributed by atoms with Crippen LogP contribution in [0.3, 0.4) is 0 Å². The van der Waals surface area contributed by atoms with Gasteiger partial charge < -0.3 is 20.0 Å². The van der Waals surface area contributed by atoms with E-state index in [9.17, 15) is 14.2 Å². The maximum Gasteiger partial charge on any atom is 0.354 e. The first-order valence-corrected chi connectivity index (χ1v) is 9.59. The Balaban J connectivity index is 2.21. The van der Waals surface area contributed by atoms with E-state index in [0.29, 0.717) is 11.4 Å². The molecule has 0 fully saturated rings. The zero-order valence-corrected chi connectivity index (χ0v) is 15.0. The van der Waals surface area contributed by atoms with E-state index in [1.807, 2.05) is 0 Å². The quantitative estimate of drug-likeness (QED) is 0.452. The number of carboxylic acid groups (broad SMARTS) is 2. The third-order valence-electron chi connectivity index (χ3n) is 3.53. The fourth-order valence-electron chi connectivity index (χ4n) is 2.32. The van der Waals surface area contributed by atoms with Gasteiger partial charge in [-0.15, -0.1) is 0 Å². The molecule has 2 rings (SSSR count). The monoisotopic (exact) mass is 395 g/mol. The Morgan fingerprint density at radius 2 is 1.33 bits per heavy atom. The summed E-state index contributed by atoms with van der Waals surface area (Å²) in [5.74, 6) is -2.37. The molecule has 0 amide bonds. The van der Waals surface area contributed by atoms with Crippen LogP contribution in [-0.2, 0) is 17.7 Å². The summed E-state index contributed by atoms with van der Waals surface area (Å²) in [6.45, 7) is 0.211. The number of hydrogen-bond acceptors (Lipinski definition) is 6. The van der Waals surface area contributed by atoms with Crippen LogP contribution < -0.4 is 0 Å². The number of carboxylic acids is 2. The molecule has 0 aliphatic carbocycles. The second-order valence-electron chi connectivity index (χ2n) is 5.74. The topological polar surface area (TPSA) is 161 Å². The highest BCUT2D eigenvalue weighted by atomic mass is 31.2. The van der Waals surface area contributed by atoms with Gasteiger partial charge in [0.2, 0.25) is 0 Å². The lowest BCUT2D eigenvalue weighted by molar-refractivity contribution is 0.0679. The molecule has 2 heterocycles. The van der Waals surface area contributed by atoms with E-state index in [0.717, 1.165) is 0 Å². The van der Waals surface area contributed by atoms with E-state index in [2.05, 4.69) is 9.97 Å². The highest BCUT2D eigenvalue weighted by Crippen LogP contribution is 2.33. The maximum atomic E-state index is 11.2. The van der Waals surface area contributed by atoms with Gasteiger partial charge >= 0.3 is 19.5 Å². The van der Waals surface area contributed by atoms with E-state index in [1.165, 1.54) is 24.3 Å². The van der Waals surface area contributed by atoms with Crippen molar-refractivity contribution in [1.29, 1.82) is 0 Å². The number of nitrogens with zero attached hydrogens (tertiary/aromatic N) is 3. The van der Waals surface area contributed by atoms with Crippen molar-refractivity contribution in [2.24, 2.45) is 0 Å². The highest BCUT2D eigenvalue weighted by molar-refractivity contribution is 7.51. The third kappa shape index (κ3) is 6.87. The predicted molar refractivity (Wildman–Crippen MR) is 93.4 cm³/mol. The molecule has 0 unspecified atom stereocenters. The number of hydrogen-bond donors (Lipinski definition) is 4. The Hall–Kier alpha value is -2.65. The molecule has 10 nitrogen and oxygen atoms in total. The summed E-state index contributed by atoms with van der Waals surface area (Å²) in [5, 5.41) is 18.1. The summed E-state index contributed by atoms with van der Waals surface area (Å²) < 4.78 is 11.2. The summed E-state index contributed by atoms with van der Waals surface area (Å²) in [6.07, 6.45) is -0.412. The van der Waals surface area contributed by atoms with Crippen LogP contribution >= 0.6 is 7.60 Å². The lowest BCUT2D eigenvalue weighted by Gasteiger charge is -2.22. The first-order chi connectivity index (χ1) is 12.6. The minimum Gasteiger partial charge on any atom is -0.477 e. The van der Waals surface area contributed by atoms with Crippen LogP contribution in [0.2, 0.25) is 0 Å². The van der Waals surface area contributed by atoms with Crippen molar-refractivity contribution < 1.29 is 34.2 Å². The number of carbonyl (C=O) groups is 2. The molecular formula is C16H18N3O7P. The minimum atomic E-state index is -4.25. The van der Waals surface area contributed by atoms with E-state index >= 15 is 0 Å². The van der Waals surface area contributed by atoms with Crippen molar-refractivity contribution in [3.8, 4) is 0 Å². The molecule has 144 valence electrons. The fraction of sp³-hybridized carbons (Fsp3) is 0.250. The Labute approximate surface area is 154 Å². The molecule has 0 atom stereocenters. The van der Waals surface area contributed by atoms with Crippen LogP contribution in [0.4, 0.5) is 0 Å². The largest absolute Gasteiger partial charge is 0.477 e. The second kappa shape index (κ2) is 8.83. The highest BCUT2D eigenvalue weighted by Gasteiger charge is 2.18.